The largest absolute Gasteiger partial charge is 0.382 e. The molecule has 2 rings (SSSR count). The molecule has 1 aliphatic heterocycles. The number of carbonyl (C=O) groups is 1. The molecular formula is C13H22N4O. The molecule has 1 fully saturated rings. The molecule has 18 heavy (non-hydrogen) atoms. The van der Waals surface area contributed by atoms with Crippen molar-refractivity contribution in [2.24, 2.45) is 11.8 Å². The highest BCUT2D eigenvalue weighted by atomic mass is 16.2. The highest BCUT2D eigenvalue weighted by molar-refractivity contribution is 5.99. The van der Waals surface area contributed by atoms with Crippen LogP contribution in [0.2, 0.25) is 0 Å². The van der Waals surface area contributed by atoms with Gasteiger partial charge in [-0.05, 0) is 32.1 Å². The van der Waals surface area contributed by atoms with Crippen LogP contribution < -0.4 is 5.73 Å². The fourth-order valence-electron chi connectivity index (χ4n) is 2.84. The molecule has 0 aromatic carbocycles. The Labute approximate surface area is 108 Å². The molecule has 1 saturated heterocycles. The standard InChI is InChI=1S/C13H22N4O/c1-7-5-8(2)10(4)17(6-7)13(18)11-9(3)15-16-12(11)14/h7-8,10H,5-6H2,1-4H3,(H3,14,15,16). The second-order valence-electron chi connectivity index (χ2n) is 5.63. The molecule has 0 spiro atoms. The quantitative estimate of drug-likeness (QED) is 0.798. The van der Waals surface area contributed by atoms with E-state index in [0.717, 1.165) is 12.2 Å². The number of amides is 1. The normalized spacial score (nSPS) is 28.4. The van der Waals surface area contributed by atoms with E-state index < -0.39 is 0 Å². The Hall–Kier alpha value is -1.52. The van der Waals surface area contributed by atoms with Gasteiger partial charge in [0, 0.05) is 18.3 Å². The first-order valence-corrected chi connectivity index (χ1v) is 6.53. The minimum atomic E-state index is 0.00431. The van der Waals surface area contributed by atoms with Gasteiger partial charge in [0.2, 0.25) is 0 Å². The summed E-state index contributed by atoms with van der Waals surface area (Å²) >= 11 is 0. The maximum absolute atomic E-state index is 12.6. The van der Waals surface area contributed by atoms with Crippen molar-refractivity contribution in [3.8, 4) is 0 Å². The van der Waals surface area contributed by atoms with Crippen LogP contribution >= 0.6 is 0 Å². The van der Waals surface area contributed by atoms with E-state index in [4.69, 9.17) is 5.73 Å². The molecule has 0 radical (unpaired) electrons. The zero-order valence-electron chi connectivity index (χ0n) is 11.5. The van der Waals surface area contributed by atoms with Gasteiger partial charge < -0.3 is 10.6 Å². The fourth-order valence-corrected chi connectivity index (χ4v) is 2.84. The first-order valence-electron chi connectivity index (χ1n) is 6.53. The summed E-state index contributed by atoms with van der Waals surface area (Å²) in [5.74, 6) is 1.36. The second kappa shape index (κ2) is 4.63. The zero-order chi connectivity index (χ0) is 13.4. The zero-order valence-corrected chi connectivity index (χ0v) is 11.5. The molecule has 1 aromatic rings. The number of nitrogens with two attached hydrogens (primary N) is 1. The van der Waals surface area contributed by atoms with Crippen LogP contribution in [0.25, 0.3) is 0 Å². The summed E-state index contributed by atoms with van der Waals surface area (Å²) in [4.78, 5) is 14.5. The maximum Gasteiger partial charge on any atom is 0.259 e. The molecule has 1 aromatic heterocycles. The molecule has 2 heterocycles. The van der Waals surface area contributed by atoms with Crippen LogP contribution in [0.5, 0.6) is 0 Å². The molecule has 5 heteroatoms. The number of aromatic amines is 1. The number of likely N-dealkylation sites (tertiary alicyclic amines) is 1. The summed E-state index contributed by atoms with van der Waals surface area (Å²) in [5.41, 5.74) is 7.05. The summed E-state index contributed by atoms with van der Waals surface area (Å²) in [6.07, 6.45) is 1.17. The predicted molar refractivity (Wildman–Crippen MR) is 71.2 cm³/mol. The molecule has 0 aliphatic carbocycles. The smallest absolute Gasteiger partial charge is 0.259 e. The lowest BCUT2D eigenvalue weighted by molar-refractivity contribution is 0.0456. The Balaban J connectivity index is 2.28. The number of nitrogen functional groups attached to an aromatic ring is 1. The van der Waals surface area contributed by atoms with E-state index >= 15 is 0 Å². The number of aryl methyl sites for hydroxylation is 1. The summed E-state index contributed by atoms with van der Waals surface area (Å²) in [6.45, 7) is 9.13. The Morgan fingerprint density at radius 1 is 1.44 bits per heavy atom. The monoisotopic (exact) mass is 250 g/mol. The van der Waals surface area contributed by atoms with Gasteiger partial charge in [0.05, 0.1) is 0 Å². The van der Waals surface area contributed by atoms with Crippen LogP contribution in [0.4, 0.5) is 5.82 Å². The van der Waals surface area contributed by atoms with Crippen LogP contribution in [0, 0.1) is 18.8 Å². The van der Waals surface area contributed by atoms with E-state index in [1.807, 2.05) is 11.8 Å². The van der Waals surface area contributed by atoms with Crippen molar-refractivity contribution in [1.82, 2.24) is 15.1 Å². The number of anilines is 1. The average molecular weight is 250 g/mol. The molecule has 3 unspecified atom stereocenters. The molecule has 3 atom stereocenters. The Morgan fingerprint density at radius 2 is 2.11 bits per heavy atom. The Kier molecular flexibility index (Phi) is 3.32. The number of nitrogens with one attached hydrogen (secondary N) is 1. The van der Waals surface area contributed by atoms with Gasteiger partial charge in [-0.2, -0.15) is 5.10 Å². The molecule has 1 aliphatic rings. The molecular weight excluding hydrogens is 228 g/mol. The van der Waals surface area contributed by atoms with Crippen molar-refractivity contribution in [3.05, 3.63) is 11.3 Å². The number of hydrogen-bond donors (Lipinski definition) is 2. The van der Waals surface area contributed by atoms with E-state index in [1.54, 1.807) is 0 Å². The predicted octanol–water partition coefficient (Wildman–Crippen LogP) is 1.81. The van der Waals surface area contributed by atoms with Crippen LogP contribution in [0.1, 0.15) is 43.2 Å². The van der Waals surface area contributed by atoms with Gasteiger partial charge in [0.25, 0.3) is 5.91 Å². The number of H-pyrrole nitrogens is 1. The molecule has 5 nitrogen and oxygen atoms in total. The SMILES string of the molecule is Cc1[nH]nc(N)c1C(=O)N1CC(C)CC(C)C1C. The Morgan fingerprint density at radius 3 is 2.67 bits per heavy atom. The minimum Gasteiger partial charge on any atom is -0.382 e. The highest BCUT2D eigenvalue weighted by Crippen LogP contribution is 2.29. The van der Waals surface area contributed by atoms with Crippen LogP contribution in [-0.4, -0.2) is 33.6 Å². The fraction of sp³-hybridized carbons (Fsp3) is 0.692. The van der Waals surface area contributed by atoms with Gasteiger partial charge in [-0.25, -0.2) is 0 Å². The molecule has 3 N–H and O–H groups in total. The van der Waals surface area contributed by atoms with Gasteiger partial charge >= 0.3 is 0 Å². The highest BCUT2D eigenvalue weighted by Gasteiger charge is 2.34. The molecule has 0 saturated carbocycles. The molecule has 1 amide bonds. The van der Waals surface area contributed by atoms with Crippen molar-refractivity contribution < 1.29 is 4.79 Å². The lowest BCUT2D eigenvalue weighted by Crippen LogP contribution is -2.49. The van der Waals surface area contributed by atoms with E-state index in [2.05, 4.69) is 31.0 Å². The van der Waals surface area contributed by atoms with Crippen molar-refractivity contribution >= 4 is 11.7 Å². The number of aromatic nitrogens is 2. The lowest BCUT2D eigenvalue weighted by Gasteiger charge is -2.41. The third-order valence-electron chi connectivity index (χ3n) is 4.05. The van der Waals surface area contributed by atoms with Gasteiger partial charge in [0.1, 0.15) is 5.56 Å². The van der Waals surface area contributed by atoms with E-state index in [-0.39, 0.29) is 11.9 Å². The Bertz CT molecular complexity index is 434. The first kappa shape index (κ1) is 12.9. The van der Waals surface area contributed by atoms with E-state index in [1.165, 1.54) is 6.42 Å². The number of carbonyl (C=O) groups excluding carboxylic acids is 1. The van der Waals surface area contributed by atoms with Gasteiger partial charge in [0.15, 0.2) is 5.82 Å². The second-order valence-corrected chi connectivity index (χ2v) is 5.63. The van der Waals surface area contributed by atoms with Crippen LogP contribution in [0.15, 0.2) is 0 Å². The minimum absolute atomic E-state index is 0.00431. The average Bonchev–Trinajstić information content (AvgIpc) is 2.63. The van der Waals surface area contributed by atoms with Gasteiger partial charge in [-0.1, -0.05) is 13.8 Å². The van der Waals surface area contributed by atoms with Crippen molar-refractivity contribution in [3.63, 3.8) is 0 Å². The summed E-state index contributed by atoms with van der Waals surface area (Å²) in [7, 11) is 0. The number of hydrogen-bond acceptors (Lipinski definition) is 3. The third kappa shape index (κ3) is 2.09. The summed E-state index contributed by atoms with van der Waals surface area (Å²) in [5, 5.41) is 6.67. The third-order valence-corrected chi connectivity index (χ3v) is 4.05. The van der Waals surface area contributed by atoms with Crippen LogP contribution in [-0.2, 0) is 0 Å². The van der Waals surface area contributed by atoms with E-state index in [9.17, 15) is 4.79 Å². The van der Waals surface area contributed by atoms with Crippen molar-refractivity contribution in [1.29, 1.82) is 0 Å². The number of rotatable bonds is 1. The maximum atomic E-state index is 12.6. The van der Waals surface area contributed by atoms with Gasteiger partial charge in [-0.3, -0.25) is 9.89 Å². The number of piperidine rings is 1. The topological polar surface area (TPSA) is 75.0 Å². The summed E-state index contributed by atoms with van der Waals surface area (Å²) < 4.78 is 0. The number of nitrogens with zero attached hydrogens (tertiary/aromatic N) is 2. The van der Waals surface area contributed by atoms with Crippen molar-refractivity contribution in [2.75, 3.05) is 12.3 Å². The lowest BCUT2D eigenvalue weighted by atomic mass is 9.85. The van der Waals surface area contributed by atoms with Crippen LogP contribution in [0.3, 0.4) is 0 Å². The summed E-state index contributed by atoms with van der Waals surface area (Å²) in [6, 6.07) is 0.252. The molecule has 0 bridgehead atoms. The first-order chi connectivity index (χ1) is 8.41. The van der Waals surface area contributed by atoms with Gasteiger partial charge in [-0.15, -0.1) is 0 Å². The molecule has 100 valence electrons. The van der Waals surface area contributed by atoms with Crippen molar-refractivity contribution in [2.45, 2.75) is 40.2 Å². The van der Waals surface area contributed by atoms with E-state index in [0.29, 0.717) is 23.2 Å².